The van der Waals surface area contributed by atoms with Gasteiger partial charge in [0.05, 0.1) is 4.90 Å². The molecule has 1 aliphatic rings. The second-order valence-corrected chi connectivity index (χ2v) is 7.52. The van der Waals surface area contributed by atoms with E-state index in [2.05, 4.69) is 11.6 Å². The molecule has 0 saturated heterocycles. The smallest absolute Gasteiger partial charge is 0.208 e. The van der Waals surface area contributed by atoms with Crippen LogP contribution in [-0.4, -0.2) is 14.5 Å². The molecule has 1 N–H and O–H groups in total. The summed E-state index contributed by atoms with van der Waals surface area (Å²) in [6.45, 7) is 3.92. The fourth-order valence-electron chi connectivity index (χ4n) is 2.54. The topological polar surface area (TPSA) is 46.2 Å². The van der Waals surface area contributed by atoms with Crippen LogP contribution in [0, 0.1) is 12.8 Å². The molecule has 0 amide bonds. The Hall–Kier alpha value is -0.580. The van der Waals surface area contributed by atoms with Gasteiger partial charge in [-0.2, -0.15) is 0 Å². The molecular formula is C14H20ClNO2S. The van der Waals surface area contributed by atoms with Gasteiger partial charge in [0.25, 0.3) is 0 Å². The molecule has 2 rings (SSSR count). The lowest BCUT2D eigenvalue weighted by Crippen LogP contribution is -2.40. The fraction of sp³-hybridized carbons (Fsp3) is 0.571. The van der Waals surface area contributed by atoms with Gasteiger partial charge < -0.3 is 0 Å². The van der Waals surface area contributed by atoms with Crippen molar-refractivity contribution in [3.8, 4) is 0 Å². The van der Waals surface area contributed by atoms with Gasteiger partial charge in [-0.3, -0.25) is 0 Å². The highest BCUT2D eigenvalue weighted by Crippen LogP contribution is 2.26. The monoisotopic (exact) mass is 301 g/mol. The minimum Gasteiger partial charge on any atom is -0.208 e. The maximum Gasteiger partial charge on any atom is 0.240 e. The number of rotatable bonds is 3. The lowest BCUT2D eigenvalue weighted by Gasteiger charge is -2.29. The Labute approximate surface area is 120 Å². The standard InChI is InChI=1S/C14H20ClNO2S/c1-10-5-3-4-6-14(10)16-19(17,18)12-7-8-13(15)11(2)9-12/h7-10,14,16H,3-6H2,1-2H3/t10-,14-/m0/s1. The summed E-state index contributed by atoms with van der Waals surface area (Å²) in [4.78, 5) is 0.298. The summed E-state index contributed by atoms with van der Waals surface area (Å²) < 4.78 is 27.5. The zero-order valence-corrected chi connectivity index (χ0v) is 12.9. The SMILES string of the molecule is Cc1cc(S(=O)(=O)N[C@H]2CCCC[C@@H]2C)ccc1Cl. The molecule has 106 valence electrons. The molecule has 1 aromatic rings. The van der Waals surface area contributed by atoms with E-state index < -0.39 is 10.0 Å². The van der Waals surface area contributed by atoms with Crippen molar-refractivity contribution in [2.75, 3.05) is 0 Å². The van der Waals surface area contributed by atoms with Crippen molar-refractivity contribution in [3.63, 3.8) is 0 Å². The van der Waals surface area contributed by atoms with Crippen LogP contribution in [0.15, 0.2) is 23.1 Å². The number of benzene rings is 1. The molecule has 0 radical (unpaired) electrons. The average Bonchev–Trinajstić information content (AvgIpc) is 2.35. The zero-order valence-electron chi connectivity index (χ0n) is 11.3. The van der Waals surface area contributed by atoms with E-state index in [0.29, 0.717) is 15.8 Å². The summed E-state index contributed by atoms with van der Waals surface area (Å²) in [5.41, 5.74) is 0.779. The van der Waals surface area contributed by atoms with Crippen molar-refractivity contribution in [3.05, 3.63) is 28.8 Å². The van der Waals surface area contributed by atoms with Crippen molar-refractivity contribution >= 4 is 21.6 Å². The molecule has 19 heavy (non-hydrogen) atoms. The van der Waals surface area contributed by atoms with Gasteiger partial charge in [0.2, 0.25) is 10.0 Å². The molecule has 0 unspecified atom stereocenters. The second-order valence-electron chi connectivity index (χ2n) is 5.40. The molecule has 5 heteroatoms. The van der Waals surface area contributed by atoms with Crippen LogP contribution >= 0.6 is 11.6 Å². The summed E-state index contributed by atoms with van der Waals surface area (Å²) in [7, 11) is -3.44. The third-order valence-electron chi connectivity index (χ3n) is 3.86. The van der Waals surface area contributed by atoms with Crippen LogP contribution in [0.3, 0.4) is 0 Å². The molecule has 2 atom stereocenters. The fourth-order valence-corrected chi connectivity index (χ4v) is 4.12. The summed E-state index contributed by atoms with van der Waals surface area (Å²) in [6.07, 6.45) is 4.30. The normalized spacial score (nSPS) is 24.4. The molecular weight excluding hydrogens is 282 g/mol. The number of aryl methyl sites for hydroxylation is 1. The number of hydrogen-bond acceptors (Lipinski definition) is 2. The van der Waals surface area contributed by atoms with Crippen molar-refractivity contribution in [2.24, 2.45) is 5.92 Å². The Bertz CT molecular complexity index is 557. The summed E-state index contributed by atoms with van der Waals surface area (Å²) >= 11 is 5.93. The summed E-state index contributed by atoms with van der Waals surface area (Å²) in [5, 5.41) is 0.588. The molecule has 1 saturated carbocycles. The van der Waals surface area contributed by atoms with Crippen molar-refractivity contribution in [2.45, 2.75) is 50.5 Å². The molecule has 0 aromatic heterocycles. The highest BCUT2D eigenvalue weighted by Gasteiger charge is 2.26. The lowest BCUT2D eigenvalue weighted by atomic mass is 9.87. The molecule has 3 nitrogen and oxygen atoms in total. The van der Waals surface area contributed by atoms with Crippen LogP contribution in [0.25, 0.3) is 0 Å². The predicted molar refractivity (Wildman–Crippen MR) is 77.9 cm³/mol. The first-order chi connectivity index (χ1) is 8.90. The van der Waals surface area contributed by atoms with E-state index in [9.17, 15) is 8.42 Å². The van der Waals surface area contributed by atoms with E-state index in [4.69, 9.17) is 11.6 Å². The van der Waals surface area contributed by atoms with Gasteiger partial charge in [-0.15, -0.1) is 0 Å². The molecule has 0 bridgehead atoms. The van der Waals surface area contributed by atoms with Gasteiger partial charge in [-0.25, -0.2) is 13.1 Å². The Morgan fingerprint density at radius 3 is 2.58 bits per heavy atom. The number of sulfonamides is 1. The van der Waals surface area contributed by atoms with E-state index in [1.54, 1.807) is 18.2 Å². The van der Waals surface area contributed by atoms with Gasteiger partial charge >= 0.3 is 0 Å². The average molecular weight is 302 g/mol. The van der Waals surface area contributed by atoms with E-state index in [0.717, 1.165) is 24.8 Å². The van der Waals surface area contributed by atoms with E-state index in [1.807, 2.05) is 6.92 Å². The summed E-state index contributed by atoms with van der Waals surface area (Å²) in [5.74, 6) is 0.400. The van der Waals surface area contributed by atoms with Gasteiger partial charge in [0.1, 0.15) is 0 Å². The Balaban J connectivity index is 2.19. The van der Waals surface area contributed by atoms with Gasteiger partial charge in [-0.05, 0) is 49.4 Å². The van der Waals surface area contributed by atoms with Crippen LogP contribution in [0.2, 0.25) is 5.02 Å². The first-order valence-corrected chi connectivity index (χ1v) is 8.55. The lowest BCUT2D eigenvalue weighted by molar-refractivity contribution is 0.310. The third-order valence-corrected chi connectivity index (χ3v) is 5.77. The van der Waals surface area contributed by atoms with Crippen LogP contribution in [-0.2, 0) is 10.0 Å². The van der Waals surface area contributed by atoms with Crippen LogP contribution in [0.5, 0.6) is 0 Å². The maximum atomic E-state index is 12.4. The number of hydrogen-bond donors (Lipinski definition) is 1. The highest BCUT2D eigenvalue weighted by molar-refractivity contribution is 7.89. The first kappa shape index (κ1) is 14.8. The van der Waals surface area contributed by atoms with Crippen LogP contribution < -0.4 is 4.72 Å². The van der Waals surface area contributed by atoms with Gasteiger partial charge in [-0.1, -0.05) is 31.4 Å². The minimum atomic E-state index is -3.44. The van der Waals surface area contributed by atoms with E-state index in [1.165, 1.54) is 6.42 Å². The Morgan fingerprint density at radius 2 is 1.95 bits per heavy atom. The van der Waals surface area contributed by atoms with Crippen LogP contribution in [0.4, 0.5) is 0 Å². The minimum absolute atomic E-state index is 0.0507. The second kappa shape index (κ2) is 5.81. The maximum absolute atomic E-state index is 12.4. The van der Waals surface area contributed by atoms with Gasteiger partial charge in [0.15, 0.2) is 0 Å². The van der Waals surface area contributed by atoms with Gasteiger partial charge in [0, 0.05) is 11.1 Å². The van der Waals surface area contributed by atoms with Crippen molar-refractivity contribution < 1.29 is 8.42 Å². The molecule has 0 heterocycles. The third kappa shape index (κ3) is 3.50. The molecule has 1 fully saturated rings. The number of nitrogens with one attached hydrogen (secondary N) is 1. The molecule has 0 spiro atoms. The highest BCUT2D eigenvalue weighted by atomic mass is 35.5. The Kier molecular flexibility index (Phi) is 4.54. The van der Waals surface area contributed by atoms with E-state index >= 15 is 0 Å². The Morgan fingerprint density at radius 1 is 1.26 bits per heavy atom. The summed E-state index contributed by atoms with van der Waals surface area (Å²) in [6, 6.07) is 4.87. The number of halogens is 1. The van der Waals surface area contributed by atoms with E-state index in [-0.39, 0.29) is 6.04 Å². The predicted octanol–water partition coefficient (Wildman–Crippen LogP) is 3.51. The molecule has 1 aliphatic carbocycles. The largest absolute Gasteiger partial charge is 0.240 e. The zero-order chi connectivity index (χ0) is 14.0. The van der Waals surface area contributed by atoms with Crippen molar-refractivity contribution in [1.29, 1.82) is 0 Å². The first-order valence-electron chi connectivity index (χ1n) is 6.68. The van der Waals surface area contributed by atoms with Crippen LogP contribution in [0.1, 0.15) is 38.2 Å². The quantitative estimate of drug-likeness (QED) is 0.928. The molecule has 0 aliphatic heterocycles. The van der Waals surface area contributed by atoms with Crippen molar-refractivity contribution in [1.82, 2.24) is 4.72 Å². The molecule has 1 aromatic carbocycles.